The topological polar surface area (TPSA) is 48.1 Å². The largest absolute Gasteiger partial charge is 0.486 e. The zero-order valence-corrected chi connectivity index (χ0v) is 12.6. The molecule has 5 heteroatoms. The molecular weight excluding hydrogens is 276 g/mol. The fourth-order valence-electron chi connectivity index (χ4n) is 1.82. The summed E-state index contributed by atoms with van der Waals surface area (Å²) in [6.07, 6.45) is 0.950. The average molecular weight is 292 g/mol. The van der Waals surface area contributed by atoms with Crippen LogP contribution in [0.4, 0.5) is 0 Å². The van der Waals surface area contributed by atoms with Crippen molar-refractivity contribution < 1.29 is 4.74 Å². The van der Waals surface area contributed by atoms with Crippen molar-refractivity contribution in [1.82, 2.24) is 4.98 Å². The first-order valence-corrected chi connectivity index (χ1v) is 7.31. The summed E-state index contributed by atoms with van der Waals surface area (Å²) in [4.78, 5) is 5.70. The average Bonchev–Trinajstić information content (AvgIpc) is 2.78. The number of hydrogen-bond donors (Lipinski definition) is 1. The lowest BCUT2D eigenvalue weighted by Gasteiger charge is -2.08. The van der Waals surface area contributed by atoms with Gasteiger partial charge in [0.05, 0.1) is 10.6 Å². The molecule has 1 aromatic carbocycles. The summed E-state index contributed by atoms with van der Waals surface area (Å²) in [7, 11) is 0. The molecule has 100 valence electrons. The van der Waals surface area contributed by atoms with Crippen molar-refractivity contribution in [3.05, 3.63) is 45.4 Å². The van der Waals surface area contributed by atoms with Gasteiger partial charge in [-0.3, -0.25) is 0 Å². The van der Waals surface area contributed by atoms with Crippen molar-refractivity contribution in [2.24, 2.45) is 5.73 Å². The Labute approximate surface area is 122 Å². The summed E-state index contributed by atoms with van der Waals surface area (Å²) in [5.41, 5.74) is 7.72. The van der Waals surface area contributed by atoms with Gasteiger partial charge in [-0.15, -0.1) is 11.3 Å². The highest BCUT2D eigenvalue weighted by Crippen LogP contribution is 2.22. The van der Waals surface area contributed by atoms with E-state index in [1.165, 1.54) is 16.9 Å². The van der Waals surface area contributed by atoms with E-state index in [1.807, 2.05) is 25.1 Å². The van der Waals surface area contributed by atoms with Crippen LogP contribution in [0, 0.1) is 6.92 Å². The smallest absolute Gasteiger partial charge is 0.140 e. The molecule has 0 saturated heterocycles. The SMILES string of the molecule is CCc1ccccc1OCc1nc(C)c(C(N)=S)s1. The number of para-hydroxylation sites is 1. The van der Waals surface area contributed by atoms with Crippen LogP contribution in [-0.2, 0) is 13.0 Å². The first-order chi connectivity index (χ1) is 9.11. The number of aryl methyl sites for hydroxylation is 2. The van der Waals surface area contributed by atoms with Crippen molar-refractivity contribution in [2.45, 2.75) is 26.9 Å². The monoisotopic (exact) mass is 292 g/mol. The van der Waals surface area contributed by atoms with Gasteiger partial charge in [-0.1, -0.05) is 37.3 Å². The molecule has 0 atom stereocenters. The lowest BCUT2D eigenvalue weighted by molar-refractivity contribution is 0.302. The van der Waals surface area contributed by atoms with Crippen LogP contribution in [0.25, 0.3) is 0 Å². The number of nitrogens with two attached hydrogens (primary N) is 1. The fraction of sp³-hybridized carbons (Fsp3) is 0.286. The standard InChI is InChI=1S/C14H16N2OS2/c1-3-10-6-4-5-7-11(10)17-8-12-16-9(2)13(19-12)14(15)18/h4-7H,3,8H2,1-2H3,(H2,15,18). The van der Waals surface area contributed by atoms with Gasteiger partial charge in [0.25, 0.3) is 0 Å². The van der Waals surface area contributed by atoms with E-state index >= 15 is 0 Å². The highest BCUT2D eigenvalue weighted by atomic mass is 32.1. The van der Waals surface area contributed by atoms with E-state index in [-0.39, 0.29) is 0 Å². The molecule has 0 saturated carbocycles. The molecule has 0 aliphatic carbocycles. The number of rotatable bonds is 5. The number of ether oxygens (including phenoxy) is 1. The molecular formula is C14H16N2OS2. The highest BCUT2D eigenvalue weighted by Gasteiger charge is 2.10. The molecule has 3 nitrogen and oxygen atoms in total. The molecule has 1 heterocycles. The summed E-state index contributed by atoms with van der Waals surface area (Å²) in [6, 6.07) is 8.04. The van der Waals surface area contributed by atoms with Crippen molar-refractivity contribution in [1.29, 1.82) is 0 Å². The van der Waals surface area contributed by atoms with Crippen LogP contribution in [-0.4, -0.2) is 9.97 Å². The van der Waals surface area contributed by atoms with E-state index < -0.39 is 0 Å². The molecule has 0 bridgehead atoms. The number of hydrogen-bond acceptors (Lipinski definition) is 4. The number of aromatic nitrogens is 1. The van der Waals surface area contributed by atoms with Gasteiger partial charge in [-0.25, -0.2) is 4.98 Å². The molecule has 1 aromatic heterocycles. The summed E-state index contributed by atoms with van der Waals surface area (Å²) in [5, 5.41) is 0.895. The van der Waals surface area contributed by atoms with Crippen molar-refractivity contribution in [3.63, 3.8) is 0 Å². The van der Waals surface area contributed by atoms with E-state index in [0.717, 1.165) is 27.7 Å². The van der Waals surface area contributed by atoms with E-state index in [2.05, 4.69) is 18.0 Å². The summed E-state index contributed by atoms with van der Waals surface area (Å²) >= 11 is 6.49. The Hall–Kier alpha value is -1.46. The molecule has 0 radical (unpaired) electrons. The van der Waals surface area contributed by atoms with Gasteiger partial charge in [0, 0.05) is 0 Å². The molecule has 0 amide bonds. The zero-order chi connectivity index (χ0) is 13.8. The van der Waals surface area contributed by atoms with Crippen LogP contribution in [0.3, 0.4) is 0 Å². The molecule has 0 fully saturated rings. The Bertz CT molecular complexity index is 593. The normalized spacial score (nSPS) is 10.4. The van der Waals surface area contributed by atoms with Crippen molar-refractivity contribution in [2.75, 3.05) is 0 Å². The van der Waals surface area contributed by atoms with Gasteiger partial charge in [-0.05, 0) is 25.0 Å². The Balaban J connectivity index is 2.10. The van der Waals surface area contributed by atoms with Crippen LogP contribution < -0.4 is 10.5 Å². The predicted molar refractivity (Wildman–Crippen MR) is 82.9 cm³/mol. The van der Waals surface area contributed by atoms with Crippen LogP contribution in [0.5, 0.6) is 5.75 Å². The molecule has 0 aliphatic rings. The maximum absolute atomic E-state index is 5.83. The summed E-state index contributed by atoms with van der Waals surface area (Å²) < 4.78 is 5.83. The minimum absolute atomic E-state index is 0.398. The maximum atomic E-state index is 5.83. The second-order valence-corrected chi connectivity index (χ2v) is 5.66. The fourth-order valence-corrected chi connectivity index (χ4v) is 2.92. The van der Waals surface area contributed by atoms with E-state index in [0.29, 0.717) is 11.6 Å². The maximum Gasteiger partial charge on any atom is 0.140 e. The van der Waals surface area contributed by atoms with E-state index in [1.54, 1.807) is 0 Å². The van der Waals surface area contributed by atoms with Crippen molar-refractivity contribution in [3.8, 4) is 5.75 Å². The molecule has 0 spiro atoms. The number of thiocarbonyl (C=S) groups is 1. The lowest BCUT2D eigenvalue weighted by atomic mass is 10.1. The number of thiazole rings is 1. The highest BCUT2D eigenvalue weighted by molar-refractivity contribution is 7.81. The Morgan fingerprint density at radius 2 is 2.16 bits per heavy atom. The Morgan fingerprint density at radius 1 is 1.42 bits per heavy atom. The minimum Gasteiger partial charge on any atom is -0.486 e. The Kier molecular flexibility index (Phi) is 4.50. The third kappa shape index (κ3) is 3.30. The van der Waals surface area contributed by atoms with Gasteiger partial charge in [0.1, 0.15) is 22.4 Å². The van der Waals surface area contributed by atoms with E-state index in [9.17, 15) is 0 Å². The number of nitrogens with zero attached hydrogens (tertiary/aromatic N) is 1. The van der Waals surface area contributed by atoms with Crippen LogP contribution in [0.1, 0.15) is 28.1 Å². The first kappa shape index (κ1) is 14.0. The van der Waals surface area contributed by atoms with Gasteiger partial charge < -0.3 is 10.5 Å². The minimum atomic E-state index is 0.398. The molecule has 0 unspecified atom stereocenters. The third-order valence-electron chi connectivity index (χ3n) is 2.77. The molecule has 2 aromatic rings. The second-order valence-electron chi connectivity index (χ2n) is 4.14. The molecule has 2 N–H and O–H groups in total. The molecule has 2 rings (SSSR count). The van der Waals surface area contributed by atoms with Gasteiger partial charge in [0.15, 0.2) is 0 Å². The van der Waals surface area contributed by atoms with E-state index in [4.69, 9.17) is 22.7 Å². The van der Waals surface area contributed by atoms with Crippen LogP contribution >= 0.6 is 23.6 Å². The summed E-state index contributed by atoms with van der Waals surface area (Å²) in [5.74, 6) is 0.912. The van der Waals surface area contributed by atoms with Crippen molar-refractivity contribution >= 4 is 28.5 Å². The lowest BCUT2D eigenvalue weighted by Crippen LogP contribution is -2.08. The first-order valence-electron chi connectivity index (χ1n) is 6.08. The number of benzene rings is 1. The van der Waals surface area contributed by atoms with Gasteiger partial charge >= 0.3 is 0 Å². The predicted octanol–water partition coefficient (Wildman–Crippen LogP) is 3.23. The molecule has 0 aliphatic heterocycles. The zero-order valence-electron chi connectivity index (χ0n) is 11.0. The second kappa shape index (κ2) is 6.12. The quantitative estimate of drug-likeness (QED) is 0.860. The van der Waals surface area contributed by atoms with Crippen LogP contribution in [0.15, 0.2) is 24.3 Å². The summed E-state index contributed by atoms with van der Waals surface area (Å²) in [6.45, 7) is 4.47. The van der Waals surface area contributed by atoms with Crippen LogP contribution in [0.2, 0.25) is 0 Å². The Morgan fingerprint density at radius 3 is 2.79 bits per heavy atom. The molecule has 19 heavy (non-hydrogen) atoms. The van der Waals surface area contributed by atoms with Gasteiger partial charge in [-0.2, -0.15) is 0 Å². The third-order valence-corrected chi connectivity index (χ3v) is 4.27. The van der Waals surface area contributed by atoms with Gasteiger partial charge in [0.2, 0.25) is 0 Å².